The maximum Gasteiger partial charge on any atom is 0.339 e. The summed E-state index contributed by atoms with van der Waals surface area (Å²) in [6, 6.07) is 20.7. The van der Waals surface area contributed by atoms with E-state index >= 15 is 8.78 Å². The number of allylic oxidation sites excluding steroid dienone is 6. The summed E-state index contributed by atoms with van der Waals surface area (Å²) in [6.45, 7) is 22.4. The smallest absolute Gasteiger partial charge is 0.238 e. The Bertz CT molecular complexity index is 1940. The SMILES string of the molecule is [C-]#[N+]C1=C(c2cccc(C3=C(C#N)c4cc([N+]#[C-])ccc4/C3=C(/F)[N+]#[C-])c2)/C(=C(\F)C#N)c2ccc(C#N)cc21. The van der Waals surface area contributed by atoms with Crippen LogP contribution in [0.2, 0.25) is 0 Å². The van der Waals surface area contributed by atoms with Gasteiger partial charge in [-0.1, -0.05) is 36.4 Å². The molecule has 182 valence electrons. The first-order valence-electron chi connectivity index (χ1n) is 11.4. The van der Waals surface area contributed by atoms with Gasteiger partial charge in [-0.05, 0) is 68.8 Å². The van der Waals surface area contributed by atoms with Crippen molar-refractivity contribution < 1.29 is 8.78 Å². The fourth-order valence-corrected chi connectivity index (χ4v) is 5.02. The van der Waals surface area contributed by atoms with Gasteiger partial charge in [0.2, 0.25) is 11.5 Å². The average molecular weight is 516 g/mol. The van der Waals surface area contributed by atoms with E-state index in [1.807, 2.05) is 6.07 Å². The second-order valence-electron chi connectivity index (χ2n) is 8.57. The molecular weight excluding hydrogens is 506 g/mol. The standard InChI is InChI=1S/C32H10F2N6/c1-38-20-8-10-21-23(13-20)25(15-36)27(30(21)32(34)40-3)18-5-4-6-19(12-18)28-29(26(33)16-37)22-9-7-17(14-35)11-24(22)31(28)39-2/h4-13H/b29-26-,32-30+. The Morgan fingerprint density at radius 2 is 1.40 bits per heavy atom. The van der Waals surface area contributed by atoms with E-state index in [4.69, 9.17) is 19.7 Å². The second kappa shape index (κ2) is 9.71. The Kier molecular flexibility index (Phi) is 6.09. The van der Waals surface area contributed by atoms with Crippen LogP contribution in [-0.2, 0) is 0 Å². The van der Waals surface area contributed by atoms with E-state index in [0.717, 1.165) is 0 Å². The van der Waals surface area contributed by atoms with Crippen LogP contribution >= 0.6 is 0 Å². The first-order valence-corrected chi connectivity index (χ1v) is 11.4. The first-order chi connectivity index (χ1) is 19.4. The molecule has 5 rings (SSSR count). The Labute approximate surface area is 227 Å². The van der Waals surface area contributed by atoms with Gasteiger partial charge in [0.25, 0.3) is 0 Å². The van der Waals surface area contributed by atoms with Crippen molar-refractivity contribution in [3.05, 3.63) is 146 Å². The quantitative estimate of drug-likeness (QED) is 0.196. The molecule has 0 amide bonds. The Balaban J connectivity index is 1.82. The largest absolute Gasteiger partial charge is 0.339 e. The van der Waals surface area contributed by atoms with Crippen molar-refractivity contribution in [2.45, 2.75) is 0 Å². The molecule has 0 aliphatic heterocycles. The van der Waals surface area contributed by atoms with Gasteiger partial charge in [-0.25, -0.2) is 18.9 Å². The molecule has 0 fully saturated rings. The maximum absolute atomic E-state index is 15.1. The van der Waals surface area contributed by atoms with Crippen molar-refractivity contribution >= 4 is 39.2 Å². The summed E-state index contributed by atoms with van der Waals surface area (Å²) >= 11 is 0. The highest BCUT2D eigenvalue weighted by atomic mass is 19.1. The molecule has 0 unspecified atom stereocenters. The van der Waals surface area contributed by atoms with Gasteiger partial charge >= 0.3 is 5.95 Å². The van der Waals surface area contributed by atoms with E-state index < -0.39 is 11.8 Å². The Hall–Kier alpha value is -6.58. The molecule has 0 atom stereocenters. The Morgan fingerprint density at radius 3 is 2.02 bits per heavy atom. The lowest BCUT2D eigenvalue weighted by Gasteiger charge is -2.13. The fraction of sp³-hybridized carbons (Fsp3) is 0. The van der Waals surface area contributed by atoms with Crippen LogP contribution in [0.25, 0.3) is 48.1 Å². The van der Waals surface area contributed by atoms with Gasteiger partial charge in [0.1, 0.15) is 12.1 Å². The predicted molar refractivity (Wildman–Crippen MR) is 144 cm³/mol. The number of nitriles is 3. The second-order valence-corrected chi connectivity index (χ2v) is 8.57. The molecule has 0 saturated heterocycles. The van der Waals surface area contributed by atoms with Crippen LogP contribution in [0.15, 0.2) is 72.4 Å². The number of halogens is 2. The van der Waals surface area contributed by atoms with Crippen LogP contribution < -0.4 is 0 Å². The summed E-state index contributed by atoms with van der Waals surface area (Å²) in [5, 5.41) is 28.9. The monoisotopic (exact) mass is 516 g/mol. The molecule has 3 aromatic carbocycles. The third-order valence-corrected chi connectivity index (χ3v) is 6.62. The normalized spacial score (nSPS) is 15.5. The van der Waals surface area contributed by atoms with Crippen molar-refractivity contribution in [3.8, 4) is 18.2 Å². The van der Waals surface area contributed by atoms with Crippen molar-refractivity contribution in [2.75, 3.05) is 0 Å². The van der Waals surface area contributed by atoms with E-state index in [0.29, 0.717) is 22.3 Å². The van der Waals surface area contributed by atoms with Gasteiger partial charge in [-0.15, -0.1) is 0 Å². The molecule has 3 aromatic rings. The molecule has 0 saturated carbocycles. The summed E-state index contributed by atoms with van der Waals surface area (Å²) in [4.78, 5) is 9.95. The zero-order valence-electron chi connectivity index (χ0n) is 20.2. The number of fused-ring (bicyclic) bond motifs is 2. The van der Waals surface area contributed by atoms with E-state index in [1.54, 1.807) is 18.2 Å². The van der Waals surface area contributed by atoms with Crippen LogP contribution in [0, 0.1) is 53.7 Å². The molecule has 0 heterocycles. The van der Waals surface area contributed by atoms with Crippen LogP contribution in [0.5, 0.6) is 0 Å². The van der Waals surface area contributed by atoms with Gasteiger partial charge in [0, 0.05) is 11.1 Å². The highest BCUT2D eigenvalue weighted by Crippen LogP contribution is 2.52. The third-order valence-electron chi connectivity index (χ3n) is 6.62. The van der Waals surface area contributed by atoms with E-state index in [1.165, 1.54) is 48.5 Å². The molecule has 2 aliphatic carbocycles. The number of benzene rings is 3. The summed E-state index contributed by atoms with van der Waals surface area (Å²) in [6.07, 6.45) is 0. The summed E-state index contributed by atoms with van der Waals surface area (Å²) in [5.74, 6) is -2.27. The molecule has 0 aromatic heterocycles. The van der Waals surface area contributed by atoms with Crippen molar-refractivity contribution in [3.63, 3.8) is 0 Å². The highest BCUT2D eigenvalue weighted by Gasteiger charge is 2.33. The molecule has 6 nitrogen and oxygen atoms in total. The number of hydrogen-bond donors (Lipinski definition) is 0. The minimum Gasteiger partial charge on any atom is -0.238 e. The van der Waals surface area contributed by atoms with Crippen LogP contribution in [0.1, 0.15) is 38.9 Å². The minimum absolute atomic E-state index is 0.0265. The zero-order valence-corrected chi connectivity index (χ0v) is 20.2. The molecule has 0 spiro atoms. The number of nitrogens with zero attached hydrogens (tertiary/aromatic N) is 6. The summed E-state index contributed by atoms with van der Waals surface area (Å²) < 4.78 is 30.2. The molecule has 2 aliphatic rings. The van der Waals surface area contributed by atoms with E-state index in [-0.39, 0.29) is 55.9 Å². The molecular formula is C32H10F2N6. The molecule has 0 N–H and O–H groups in total. The fourth-order valence-electron chi connectivity index (χ4n) is 5.02. The van der Waals surface area contributed by atoms with Crippen molar-refractivity contribution in [1.82, 2.24) is 0 Å². The lowest BCUT2D eigenvalue weighted by atomic mass is 9.91. The van der Waals surface area contributed by atoms with Crippen LogP contribution in [0.4, 0.5) is 14.5 Å². The Morgan fingerprint density at radius 1 is 0.700 bits per heavy atom. The maximum atomic E-state index is 15.1. The minimum atomic E-state index is -1.14. The van der Waals surface area contributed by atoms with Crippen LogP contribution in [0.3, 0.4) is 0 Å². The summed E-state index contributed by atoms with van der Waals surface area (Å²) in [5.41, 5.74) is 2.36. The topological polar surface area (TPSA) is 84.4 Å². The van der Waals surface area contributed by atoms with Gasteiger partial charge in [-0.2, -0.15) is 20.2 Å². The highest BCUT2D eigenvalue weighted by molar-refractivity contribution is 6.26. The third kappa shape index (κ3) is 3.64. The van der Waals surface area contributed by atoms with E-state index in [9.17, 15) is 15.8 Å². The first kappa shape index (κ1) is 25.1. The van der Waals surface area contributed by atoms with Gasteiger partial charge in [0.05, 0.1) is 36.9 Å². The molecule has 8 heteroatoms. The van der Waals surface area contributed by atoms with Crippen molar-refractivity contribution in [1.29, 1.82) is 15.8 Å². The van der Waals surface area contributed by atoms with Gasteiger partial charge in [-0.3, -0.25) is 0 Å². The summed E-state index contributed by atoms with van der Waals surface area (Å²) in [7, 11) is 0. The van der Waals surface area contributed by atoms with Gasteiger partial charge < -0.3 is 0 Å². The lowest BCUT2D eigenvalue weighted by molar-refractivity contribution is 0.670. The number of rotatable bonds is 2. The zero-order chi connectivity index (χ0) is 28.6. The van der Waals surface area contributed by atoms with Gasteiger partial charge in [0.15, 0.2) is 5.69 Å². The van der Waals surface area contributed by atoms with E-state index in [2.05, 4.69) is 20.6 Å². The molecule has 40 heavy (non-hydrogen) atoms. The molecule has 0 radical (unpaired) electrons. The van der Waals surface area contributed by atoms with Crippen molar-refractivity contribution in [2.24, 2.45) is 0 Å². The average Bonchev–Trinajstić information content (AvgIpc) is 3.51. The van der Waals surface area contributed by atoms with Crippen LogP contribution in [-0.4, -0.2) is 0 Å². The lowest BCUT2D eigenvalue weighted by Crippen LogP contribution is -1.93. The predicted octanol–water partition coefficient (Wildman–Crippen LogP) is 8.12. The number of hydrogen-bond acceptors (Lipinski definition) is 3. The molecule has 0 bridgehead atoms.